The minimum atomic E-state index is -1.20. The van der Waals surface area contributed by atoms with Crippen LogP contribution in [-0.4, -0.2) is 24.1 Å². The van der Waals surface area contributed by atoms with Gasteiger partial charge in [-0.15, -0.1) is 0 Å². The number of ether oxygens (including phenoxy) is 1. The monoisotopic (exact) mass is 161 g/mol. The molecule has 1 unspecified atom stereocenters. The highest BCUT2D eigenvalue weighted by Gasteiger charge is 2.14. The quantitative estimate of drug-likeness (QED) is 0.585. The van der Waals surface area contributed by atoms with Crippen LogP contribution in [0, 0.1) is 0 Å². The molecule has 1 rings (SSSR count). The Morgan fingerprint density at radius 1 is 1.64 bits per heavy atom. The summed E-state index contributed by atoms with van der Waals surface area (Å²) in [4.78, 5) is 14.6. The zero-order valence-electron chi connectivity index (χ0n) is 6.08. The van der Waals surface area contributed by atoms with E-state index < -0.39 is 12.4 Å². The largest absolute Gasteiger partial charge is 0.464 e. The molecular weight excluding hydrogens is 150 g/mol. The third-order valence-electron chi connectivity index (χ3n) is 1.42. The number of hydrogen-bond donors (Lipinski definition) is 2. The summed E-state index contributed by atoms with van der Waals surface area (Å²) < 4.78 is 5.08. The Hall–Kier alpha value is -0.810. The van der Waals surface area contributed by atoms with E-state index in [0.717, 1.165) is 19.3 Å². The number of amides is 1. The Morgan fingerprint density at radius 3 is 3.00 bits per heavy atom. The number of nitrogens with one attached hydrogen (secondary N) is 1. The molecule has 11 heavy (non-hydrogen) atoms. The van der Waals surface area contributed by atoms with Gasteiger partial charge >= 0.3 is 6.09 Å². The summed E-state index contributed by atoms with van der Waals surface area (Å²) in [6.45, 7) is 0.645. The van der Waals surface area contributed by atoms with Gasteiger partial charge in [0.1, 0.15) is 0 Å². The van der Waals surface area contributed by atoms with Crippen LogP contribution >= 0.6 is 0 Å². The van der Waals surface area contributed by atoms with Gasteiger partial charge < -0.3 is 9.84 Å². The molecule has 0 aromatic carbocycles. The van der Waals surface area contributed by atoms with E-state index in [0.29, 0.717) is 6.61 Å². The molecule has 1 aliphatic rings. The molecule has 0 aromatic rings. The summed E-state index contributed by atoms with van der Waals surface area (Å²) in [6.07, 6.45) is 1.19. The van der Waals surface area contributed by atoms with Crippen molar-refractivity contribution in [3.8, 4) is 0 Å². The predicted molar refractivity (Wildman–Crippen MR) is 35.8 cm³/mol. The highest BCUT2D eigenvalue weighted by atomic mass is 16.8. The van der Waals surface area contributed by atoms with E-state index in [4.69, 9.17) is 9.84 Å². The van der Waals surface area contributed by atoms with Crippen molar-refractivity contribution < 1.29 is 19.5 Å². The highest BCUT2D eigenvalue weighted by Crippen LogP contribution is 2.12. The zero-order chi connectivity index (χ0) is 8.10. The Kier molecular flexibility index (Phi) is 3.13. The van der Waals surface area contributed by atoms with Crippen LogP contribution in [0.25, 0.3) is 0 Å². The molecule has 1 fully saturated rings. The van der Waals surface area contributed by atoms with Crippen molar-refractivity contribution >= 4 is 6.09 Å². The standard InChI is InChI=1S/C6H11NO4/c8-6(9)7-11-5-3-1-2-4-10-5/h5,7H,1-4H2,(H,8,9). The minimum Gasteiger partial charge on any atom is -0.464 e. The van der Waals surface area contributed by atoms with E-state index in [1.54, 1.807) is 5.48 Å². The molecule has 1 saturated heterocycles. The molecule has 0 saturated carbocycles. The molecule has 0 radical (unpaired) electrons. The number of carboxylic acid groups (broad SMARTS) is 1. The predicted octanol–water partition coefficient (Wildman–Crippen LogP) is 0.712. The molecule has 1 amide bonds. The molecule has 0 spiro atoms. The first-order valence-corrected chi connectivity index (χ1v) is 3.55. The third-order valence-corrected chi connectivity index (χ3v) is 1.42. The lowest BCUT2D eigenvalue weighted by Gasteiger charge is -2.21. The van der Waals surface area contributed by atoms with Crippen LogP contribution in [-0.2, 0) is 9.57 Å². The Balaban J connectivity index is 2.09. The normalized spacial score (nSPS) is 24.5. The third kappa shape index (κ3) is 3.20. The molecule has 5 heteroatoms. The molecule has 0 bridgehead atoms. The number of rotatable bonds is 2. The molecule has 2 N–H and O–H groups in total. The van der Waals surface area contributed by atoms with Crippen molar-refractivity contribution in [2.24, 2.45) is 0 Å². The van der Waals surface area contributed by atoms with E-state index in [2.05, 4.69) is 4.84 Å². The average molecular weight is 161 g/mol. The fourth-order valence-electron chi connectivity index (χ4n) is 0.920. The van der Waals surface area contributed by atoms with Gasteiger partial charge in [0, 0.05) is 13.0 Å². The summed E-state index contributed by atoms with van der Waals surface area (Å²) in [5.74, 6) is 0. The lowest BCUT2D eigenvalue weighted by atomic mass is 10.2. The molecular formula is C6H11NO4. The van der Waals surface area contributed by atoms with Gasteiger partial charge in [0.15, 0.2) is 6.29 Å². The Labute approximate surface area is 64.2 Å². The zero-order valence-corrected chi connectivity index (χ0v) is 6.08. The first-order chi connectivity index (χ1) is 5.29. The maximum atomic E-state index is 9.95. The van der Waals surface area contributed by atoms with Crippen LogP contribution in [0.1, 0.15) is 19.3 Å². The molecule has 1 heterocycles. The van der Waals surface area contributed by atoms with Gasteiger partial charge in [-0.1, -0.05) is 0 Å². The van der Waals surface area contributed by atoms with Crippen molar-refractivity contribution in [1.82, 2.24) is 5.48 Å². The minimum absolute atomic E-state index is 0.403. The van der Waals surface area contributed by atoms with Crippen molar-refractivity contribution in [3.63, 3.8) is 0 Å². The van der Waals surface area contributed by atoms with Gasteiger partial charge in [-0.25, -0.2) is 9.63 Å². The van der Waals surface area contributed by atoms with Gasteiger partial charge in [-0.05, 0) is 12.8 Å². The van der Waals surface area contributed by atoms with Gasteiger partial charge in [-0.3, -0.25) is 0 Å². The van der Waals surface area contributed by atoms with Crippen LogP contribution in [0.2, 0.25) is 0 Å². The van der Waals surface area contributed by atoms with Crippen LogP contribution in [0.15, 0.2) is 0 Å². The summed E-state index contributed by atoms with van der Waals surface area (Å²) in [7, 11) is 0. The topological polar surface area (TPSA) is 67.8 Å². The van der Waals surface area contributed by atoms with E-state index >= 15 is 0 Å². The first kappa shape index (κ1) is 8.29. The SMILES string of the molecule is O=C(O)NOC1CCCCO1. The lowest BCUT2D eigenvalue weighted by Crippen LogP contribution is -2.32. The second kappa shape index (κ2) is 4.15. The van der Waals surface area contributed by atoms with E-state index in [-0.39, 0.29) is 0 Å². The molecule has 1 aliphatic heterocycles. The summed E-state index contributed by atoms with van der Waals surface area (Å²) >= 11 is 0. The van der Waals surface area contributed by atoms with E-state index in [1.807, 2.05) is 0 Å². The van der Waals surface area contributed by atoms with Gasteiger partial charge in [0.05, 0.1) is 0 Å². The summed E-state index contributed by atoms with van der Waals surface area (Å²) in [6, 6.07) is 0. The van der Waals surface area contributed by atoms with Crippen molar-refractivity contribution in [2.75, 3.05) is 6.61 Å². The van der Waals surface area contributed by atoms with Gasteiger partial charge in [-0.2, -0.15) is 5.48 Å². The molecule has 0 aliphatic carbocycles. The van der Waals surface area contributed by atoms with Crippen LogP contribution in [0.5, 0.6) is 0 Å². The van der Waals surface area contributed by atoms with E-state index in [9.17, 15) is 4.79 Å². The van der Waals surface area contributed by atoms with Crippen molar-refractivity contribution in [1.29, 1.82) is 0 Å². The average Bonchev–Trinajstić information content (AvgIpc) is 2.03. The maximum Gasteiger partial charge on any atom is 0.428 e. The molecule has 1 atom stereocenters. The number of hydrogen-bond acceptors (Lipinski definition) is 3. The van der Waals surface area contributed by atoms with Gasteiger partial charge in [0.25, 0.3) is 0 Å². The van der Waals surface area contributed by atoms with E-state index in [1.165, 1.54) is 0 Å². The summed E-state index contributed by atoms with van der Waals surface area (Å²) in [5.41, 5.74) is 1.81. The molecule has 5 nitrogen and oxygen atoms in total. The number of hydroxylamine groups is 1. The second-order valence-corrected chi connectivity index (χ2v) is 2.32. The molecule has 64 valence electrons. The molecule has 0 aromatic heterocycles. The second-order valence-electron chi connectivity index (χ2n) is 2.32. The van der Waals surface area contributed by atoms with Crippen LogP contribution in [0.3, 0.4) is 0 Å². The van der Waals surface area contributed by atoms with Crippen LogP contribution in [0.4, 0.5) is 4.79 Å². The van der Waals surface area contributed by atoms with Crippen molar-refractivity contribution in [3.05, 3.63) is 0 Å². The Bertz CT molecular complexity index is 133. The first-order valence-electron chi connectivity index (χ1n) is 3.55. The van der Waals surface area contributed by atoms with Crippen LogP contribution < -0.4 is 5.48 Å². The highest BCUT2D eigenvalue weighted by molar-refractivity contribution is 5.62. The van der Waals surface area contributed by atoms with Crippen molar-refractivity contribution in [2.45, 2.75) is 25.6 Å². The number of carbonyl (C=O) groups is 1. The fourth-order valence-corrected chi connectivity index (χ4v) is 0.920. The maximum absolute atomic E-state index is 9.95. The fraction of sp³-hybridized carbons (Fsp3) is 0.833. The Morgan fingerprint density at radius 2 is 2.45 bits per heavy atom. The smallest absolute Gasteiger partial charge is 0.428 e. The summed E-state index contributed by atoms with van der Waals surface area (Å²) in [5, 5.41) is 8.15. The lowest BCUT2D eigenvalue weighted by molar-refractivity contribution is -0.188. The van der Waals surface area contributed by atoms with Gasteiger partial charge in [0.2, 0.25) is 0 Å².